The molecule has 1 aliphatic heterocycles. The van der Waals surface area contributed by atoms with Gasteiger partial charge in [0.15, 0.2) is 0 Å². The molecule has 9 heteroatoms. The summed E-state index contributed by atoms with van der Waals surface area (Å²) in [5.74, 6) is -1.69. The summed E-state index contributed by atoms with van der Waals surface area (Å²) in [5, 5.41) is 0.346. The van der Waals surface area contributed by atoms with Gasteiger partial charge in [0.1, 0.15) is 5.92 Å². The third-order valence-corrected chi connectivity index (χ3v) is 4.58. The molecule has 0 aromatic heterocycles. The maximum atomic E-state index is 12.4. The number of rotatable bonds is 3. The largest absolute Gasteiger partial charge is 0.468 e. The molecular weight excluding hydrogens is 371 g/mol. The normalized spacial score (nSPS) is 20.1. The first kappa shape index (κ1) is 19.2. The second kappa shape index (κ2) is 7.84. The van der Waals surface area contributed by atoms with Crippen molar-refractivity contribution < 1.29 is 23.9 Å². The van der Waals surface area contributed by atoms with Gasteiger partial charge < -0.3 is 9.47 Å². The molecule has 0 aliphatic carbocycles. The fraction of sp³-hybridized carbons (Fsp3) is 0.375. The first-order valence-corrected chi connectivity index (χ1v) is 8.15. The van der Waals surface area contributed by atoms with Crippen molar-refractivity contribution in [2.45, 2.75) is 19.9 Å². The van der Waals surface area contributed by atoms with Gasteiger partial charge in [0, 0.05) is 5.71 Å². The van der Waals surface area contributed by atoms with Gasteiger partial charge >= 0.3 is 18.1 Å². The van der Waals surface area contributed by atoms with Crippen LogP contribution in [0.4, 0.5) is 9.59 Å². The van der Waals surface area contributed by atoms with E-state index in [4.69, 9.17) is 32.7 Å². The van der Waals surface area contributed by atoms with Crippen LogP contribution in [-0.4, -0.2) is 42.4 Å². The van der Waals surface area contributed by atoms with Crippen molar-refractivity contribution in [3.05, 3.63) is 33.8 Å². The number of urea groups is 1. The predicted molar refractivity (Wildman–Crippen MR) is 92.1 cm³/mol. The Morgan fingerprint density at radius 1 is 1.32 bits per heavy atom. The molecule has 0 spiro atoms. The summed E-state index contributed by atoms with van der Waals surface area (Å²) in [7, 11) is 1.21. The second-order valence-electron chi connectivity index (χ2n) is 5.19. The van der Waals surface area contributed by atoms with Crippen LogP contribution in [0.25, 0.3) is 0 Å². The Morgan fingerprint density at radius 2 is 2.00 bits per heavy atom. The SMILES string of the molecule is CCOC(=O)N1C(=O)N=C(C)C(C(=O)OC)C1c1cccc(Cl)c1Cl. The average Bonchev–Trinajstić information content (AvgIpc) is 2.56. The van der Waals surface area contributed by atoms with Crippen LogP contribution in [0.3, 0.4) is 0 Å². The number of nitrogens with zero attached hydrogens (tertiary/aromatic N) is 2. The van der Waals surface area contributed by atoms with E-state index >= 15 is 0 Å². The molecule has 7 nitrogen and oxygen atoms in total. The molecule has 1 aromatic carbocycles. The van der Waals surface area contributed by atoms with Crippen LogP contribution in [0.2, 0.25) is 10.0 Å². The highest BCUT2D eigenvalue weighted by atomic mass is 35.5. The number of benzene rings is 1. The molecule has 2 unspecified atom stereocenters. The number of methoxy groups -OCH3 is 1. The minimum absolute atomic E-state index is 0.0458. The number of ether oxygens (including phenoxy) is 2. The smallest absolute Gasteiger partial charge is 0.418 e. The number of carbonyl (C=O) groups is 3. The van der Waals surface area contributed by atoms with E-state index in [2.05, 4.69) is 4.99 Å². The molecule has 0 radical (unpaired) electrons. The molecule has 1 aromatic rings. The number of amides is 3. The Labute approximate surface area is 154 Å². The zero-order chi connectivity index (χ0) is 18.7. The number of hydrogen-bond acceptors (Lipinski definition) is 5. The molecular formula is C16H16Cl2N2O5. The van der Waals surface area contributed by atoms with Crippen molar-refractivity contribution in [3.63, 3.8) is 0 Å². The van der Waals surface area contributed by atoms with Crippen molar-refractivity contribution >= 4 is 47.0 Å². The van der Waals surface area contributed by atoms with Crippen molar-refractivity contribution in [2.75, 3.05) is 13.7 Å². The van der Waals surface area contributed by atoms with Gasteiger partial charge in [-0.25, -0.2) is 19.5 Å². The summed E-state index contributed by atoms with van der Waals surface area (Å²) in [6.07, 6.45) is -0.932. The van der Waals surface area contributed by atoms with E-state index in [1.54, 1.807) is 25.1 Å². The molecule has 1 aliphatic rings. The van der Waals surface area contributed by atoms with Crippen LogP contribution in [0.1, 0.15) is 25.5 Å². The fourth-order valence-corrected chi connectivity index (χ4v) is 3.07. The number of esters is 1. The molecule has 2 atom stereocenters. The second-order valence-corrected chi connectivity index (χ2v) is 5.98. The Morgan fingerprint density at radius 3 is 2.60 bits per heavy atom. The number of imide groups is 1. The third kappa shape index (κ3) is 3.62. The van der Waals surface area contributed by atoms with Crippen molar-refractivity contribution in [1.29, 1.82) is 0 Å². The minimum atomic E-state index is -1.08. The molecule has 25 heavy (non-hydrogen) atoms. The lowest BCUT2D eigenvalue weighted by Gasteiger charge is -2.36. The molecule has 0 bridgehead atoms. The third-order valence-electron chi connectivity index (χ3n) is 3.74. The lowest BCUT2D eigenvalue weighted by atomic mass is 9.87. The van der Waals surface area contributed by atoms with Crippen LogP contribution in [0, 0.1) is 5.92 Å². The lowest BCUT2D eigenvalue weighted by Crippen LogP contribution is -2.49. The highest BCUT2D eigenvalue weighted by Gasteiger charge is 2.47. The Balaban J connectivity index is 2.68. The van der Waals surface area contributed by atoms with E-state index < -0.39 is 30.1 Å². The molecule has 2 rings (SSSR count). The fourth-order valence-electron chi connectivity index (χ4n) is 2.65. The molecule has 3 amide bonds. The van der Waals surface area contributed by atoms with Gasteiger partial charge in [0.05, 0.1) is 29.8 Å². The summed E-state index contributed by atoms with van der Waals surface area (Å²) in [4.78, 5) is 41.6. The van der Waals surface area contributed by atoms with E-state index in [1.165, 1.54) is 14.0 Å². The number of aliphatic imine (C=N–C) groups is 1. The van der Waals surface area contributed by atoms with E-state index in [0.29, 0.717) is 5.56 Å². The molecule has 0 N–H and O–H groups in total. The Bertz CT molecular complexity index is 750. The molecule has 134 valence electrons. The van der Waals surface area contributed by atoms with Gasteiger partial charge in [-0.2, -0.15) is 0 Å². The number of carbonyl (C=O) groups excluding carboxylic acids is 3. The van der Waals surface area contributed by atoms with Crippen LogP contribution in [0.15, 0.2) is 23.2 Å². The number of halogens is 2. The lowest BCUT2D eigenvalue weighted by molar-refractivity contribution is -0.144. The molecule has 0 fully saturated rings. The summed E-state index contributed by atoms with van der Waals surface area (Å²) in [6, 6.07) is 2.81. The van der Waals surface area contributed by atoms with E-state index in [9.17, 15) is 14.4 Å². The maximum absolute atomic E-state index is 12.4. The van der Waals surface area contributed by atoms with E-state index in [1.807, 2.05) is 0 Å². The molecule has 0 saturated carbocycles. The van der Waals surface area contributed by atoms with Gasteiger partial charge in [-0.3, -0.25) is 4.79 Å². The molecule has 0 saturated heterocycles. The Kier molecular flexibility index (Phi) is 6.02. The van der Waals surface area contributed by atoms with Crippen LogP contribution in [-0.2, 0) is 14.3 Å². The van der Waals surface area contributed by atoms with Gasteiger partial charge in [-0.05, 0) is 25.5 Å². The summed E-state index contributed by atoms with van der Waals surface area (Å²) < 4.78 is 9.76. The van der Waals surface area contributed by atoms with Crippen molar-refractivity contribution in [1.82, 2.24) is 4.90 Å². The van der Waals surface area contributed by atoms with Gasteiger partial charge in [-0.1, -0.05) is 35.3 Å². The summed E-state index contributed by atoms with van der Waals surface area (Å²) >= 11 is 12.3. The summed E-state index contributed by atoms with van der Waals surface area (Å²) in [5.41, 5.74) is 0.527. The zero-order valence-corrected chi connectivity index (χ0v) is 15.3. The molecule has 1 heterocycles. The quantitative estimate of drug-likeness (QED) is 0.735. The van der Waals surface area contributed by atoms with Gasteiger partial charge in [-0.15, -0.1) is 0 Å². The average molecular weight is 387 g/mol. The monoisotopic (exact) mass is 386 g/mol. The van der Waals surface area contributed by atoms with Crippen molar-refractivity contribution in [2.24, 2.45) is 10.9 Å². The first-order valence-electron chi connectivity index (χ1n) is 7.40. The maximum Gasteiger partial charge on any atom is 0.418 e. The van der Waals surface area contributed by atoms with Crippen molar-refractivity contribution in [3.8, 4) is 0 Å². The standard InChI is InChI=1S/C16H16Cl2N2O5/c1-4-25-16(23)20-13(9-6-5-7-10(17)12(9)18)11(14(21)24-3)8(2)19-15(20)22/h5-7,11,13H,4H2,1-3H3. The van der Waals surface area contributed by atoms with Gasteiger partial charge in [0.25, 0.3) is 0 Å². The van der Waals surface area contributed by atoms with E-state index in [-0.39, 0.29) is 22.4 Å². The zero-order valence-electron chi connectivity index (χ0n) is 13.8. The van der Waals surface area contributed by atoms with E-state index in [0.717, 1.165) is 4.90 Å². The first-order chi connectivity index (χ1) is 11.8. The summed E-state index contributed by atoms with van der Waals surface area (Å²) in [6.45, 7) is 3.15. The van der Waals surface area contributed by atoms with Crippen LogP contribution in [0.5, 0.6) is 0 Å². The topological polar surface area (TPSA) is 85.3 Å². The highest BCUT2D eigenvalue weighted by Crippen LogP contribution is 2.40. The van der Waals surface area contributed by atoms with Crippen LogP contribution < -0.4 is 0 Å². The number of hydrogen-bond donors (Lipinski definition) is 0. The van der Waals surface area contributed by atoms with Crippen LogP contribution >= 0.6 is 23.2 Å². The van der Waals surface area contributed by atoms with Gasteiger partial charge in [0.2, 0.25) is 0 Å². The highest BCUT2D eigenvalue weighted by molar-refractivity contribution is 6.42. The Hall–Kier alpha value is -2.12. The minimum Gasteiger partial charge on any atom is -0.468 e. The predicted octanol–water partition coefficient (Wildman–Crippen LogP) is 3.88.